The second-order valence-electron chi connectivity index (χ2n) is 6.55. The normalized spacial score (nSPS) is 11.3. The molecule has 9 nitrogen and oxygen atoms in total. The third kappa shape index (κ3) is 4.95. The van der Waals surface area contributed by atoms with Gasteiger partial charge in [0.1, 0.15) is 11.5 Å². The minimum Gasteiger partial charge on any atom is -0.497 e. The number of hydrogen-bond donors (Lipinski definition) is 1. The molecule has 1 aromatic heterocycles. The summed E-state index contributed by atoms with van der Waals surface area (Å²) < 4.78 is 40.6. The third-order valence-corrected chi connectivity index (χ3v) is 6.28. The molecule has 1 N–H and O–H groups in total. The van der Waals surface area contributed by atoms with E-state index in [0.29, 0.717) is 17.1 Å². The van der Waals surface area contributed by atoms with Crippen LogP contribution in [0.25, 0.3) is 11.5 Å². The van der Waals surface area contributed by atoms with Gasteiger partial charge in [-0.05, 0) is 56.3 Å². The van der Waals surface area contributed by atoms with Gasteiger partial charge in [0.2, 0.25) is 5.89 Å². The molecule has 10 heteroatoms. The van der Waals surface area contributed by atoms with Crippen LogP contribution >= 0.6 is 0 Å². The van der Waals surface area contributed by atoms with Crippen LogP contribution in [0.5, 0.6) is 11.5 Å². The number of carbonyl (C=O) groups is 1. The Morgan fingerprint density at radius 2 is 1.80 bits per heavy atom. The first-order valence-corrected chi connectivity index (χ1v) is 10.6. The quantitative estimate of drug-likeness (QED) is 0.578. The fourth-order valence-electron chi connectivity index (χ4n) is 2.44. The number of rotatable bonds is 8. The van der Waals surface area contributed by atoms with Crippen LogP contribution in [0.4, 0.5) is 6.01 Å². The topological polar surface area (TPSA) is 121 Å². The number of ether oxygens (including phenoxy) is 2. The lowest BCUT2D eigenvalue weighted by atomic mass is 10.2. The van der Waals surface area contributed by atoms with Gasteiger partial charge in [-0.15, -0.1) is 5.10 Å². The lowest BCUT2D eigenvalue weighted by Crippen LogP contribution is -2.20. The molecule has 0 aliphatic carbocycles. The highest BCUT2D eigenvalue weighted by atomic mass is 32.2. The molecule has 0 aliphatic heterocycles. The van der Waals surface area contributed by atoms with E-state index in [2.05, 4.69) is 15.5 Å². The molecule has 0 fully saturated rings. The lowest BCUT2D eigenvalue weighted by Gasteiger charge is -2.08. The monoisotopic (exact) mass is 431 g/mol. The Labute approximate surface area is 174 Å². The van der Waals surface area contributed by atoms with Gasteiger partial charge >= 0.3 is 6.01 Å². The Balaban J connectivity index is 1.64. The number of nitrogens with one attached hydrogen (secondary N) is 1. The number of aromatic nitrogens is 2. The molecule has 0 saturated heterocycles. The molecular formula is C20H21N3O6S. The van der Waals surface area contributed by atoms with Gasteiger partial charge in [0.15, 0.2) is 16.4 Å². The maximum absolute atomic E-state index is 12.3. The van der Waals surface area contributed by atoms with Crippen LogP contribution < -0.4 is 14.8 Å². The molecule has 0 atom stereocenters. The molecule has 1 amide bonds. The first kappa shape index (κ1) is 21.3. The van der Waals surface area contributed by atoms with E-state index in [-0.39, 0.29) is 23.4 Å². The van der Waals surface area contributed by atoms with E-state index in [4.69, 9.17) is 13.9 Å². The highest BCUT2D eigenvalue weighted by Crippen LogP contribution is 2.25. The highest BCUT2D eigenvalue weighted by molar-refractivity contribution is 7.92. The van der Waals surface area contributed by atoms with Crippen LogP contribution in [0.2, 0.25) is 0 Å². The Morgan fingerprint density at radius 3 is 2.47 bits per heavy atom. The van der Waals surface area contributed by atoms with E-state index in [0.717, 1.165) is 0 Å². The molecule has 3 aromatic rings. The van der Waals surface area contributed by atoms with Gasteiger partial charge in [0.05, 0.1) is 17.3 Å². The number of carbonyl (C=O) groups excluding carboxylic acids is 1. The van der Waals surface area contributed by atoms with Gasteiger partial charge in [-0.3, -0.25) is 10.1 Å². The van der Waals surface area contributed by atoms with Crippen molar-refractivity contribution < 1.29 is 27.1 Å². The number of methoxy groups -OCH3 is 1. The molecular weight excluding hydrogens is 410 g/mol. The van der Waals surface area contributed by atoms with Crippen LogP contribution in [0.15, 0.2) is 57.8 Å². The fraction of sp³-hybridized carbons (Fsp3) is 0.250. The second-order valence-corrected chi connectivity index (χ2v) is 9.05. The summed E-state index contributed by atoms with van der Waals surface area (Å²) in [5.41, 5.74) is 0.430. The van der Waals surface area contributed by atoms with Crippen molar-refractivity contribution in [2.24, 2.45) is 0 Å². The fourth-order valence-corrected chi connectivity index (χ4v) is 3.55. The van der Waals surface area contributed by atoms with Crippen molar-refractivity contribution in [3.8, 4) is 23.0 Å². The Morgan fingerprint density at radius 1 is 1.10 bits per heavy atom. The van der Waals surface area contributed by atoms with Crippen molar-refractivity contribution >= 4 is 21.8 Å². The van der Waals surface area contributed by atoms with Gasteiger partial charge < -0.3 is 13.9 Å². The molecule has 1 heterocycles. The first-order chi connectivity index (χ1) is 14.3. The zero-order valence-electron chi connectivity index (χ0n) is 16.7. The predicted molar refractivity (Wildman–Crippen MR) is 109 cm³/mol. The number of anilines is 1. The van der Waals surface area contributed by atoms with Gasteiger partial charge in [0, 0.05) is 5.56 Å². The summed E-state index contributed by atoms with van der Waals surface area (Å²) in [6.45, 7) is 2.96. The minimum absolute atomic E-state index is 0.0854. The molecule has 0 radical (unpaired) electrons. The smallest absolute Gasteiger partial charge is 0.322 e. The minimum atomic E-state index is -3.44. The van der Waals surface area contributed by atoms with E-state index in [1.807, 2.05) is 0 Å². The number of benzene rings is 2. The number of nitrogens with zero attached hydrogens (tertiary/aromatic N) is 2. The van der Waals surface area contributed by atoms with Crippen LogP contribution in [0, 0.1) is 0 Å². The maximum Gasteiger partial charge on any atom is 0.322 e. The molecule has 30 heavy (non-hydrogen) atoms. The zero-order chi connectivity index (χ0) is 21.7. The summed E-state index contributed by atoms with van der Waals surface area (Å²) in [6, 6.07) is 12.9. The SMILES string of the molecule is COc1ccc(OCC(=O)Nc2nnc(-c3cccc(S(=O)(=O)C(C)C)c3)o2)cc1. The largest absolute Gasteiger partial charge is 0.497 e. The predicted octanol–water partition coefficient (Wildman–Crippen LogP) is 2.94. The van der Waals surface area contributed by atoms with E-state index in [9.17, 15) is 13.2 Å². The standard InChI is InChI=1S/C20H21N3O6S/c1-13(2)30(25,26)17-6-4-5-14(11-17)19-22-23-20(29-19)21-18(24)12-28-16-9-7-15(27-3)8-10-16/h4-11,13H,12H2,1-3H3,(H,21,23,24). The van der Waals surface area contributed by atoms with Crippen molar-refractivity contribution in [2.75, 3.05) is 19.0 Å². The lowest BCUT2D eigenvalue weighted by molar-refractivity contribution is -0.118. The molecule has 3 rings (SSSR count). The Kier molecular flexibility index (Phi) is 6.36. The van der Waals surface area contributed by atoms with Crippen molar-refractivity contribution in [3.05, 3.63) is 48.5 Å². The summed E-state index contributed by atoms with van der Waals surface area (Å²) in [7, 11) is -1.88. The number of amides is 1. The average molecular weight is 431 g/mol. The van der Waals surface area contributed by atoms with Crippen LogP contribution in [0.1, 0.15) is 13.8 Å². The van der Waals surface area contributed by atoms with Crippen molar-refractivity contribution in [2.45, 2.75) is 24.0 Å². The molecule has 0 bridgehead atoms. The second kappa shape index (κ2) is 8.95. The summed E-state index contributed by atoms with van der Waals surface area (Å²) in [6.07, 6.45) is 0. The van der Waals surface area contributed by atoms with Crippen LogP contribution in [-0.2, 0) is 14.6 Å². The van der Waals surface area contributed by atoms with E-state index in [1.54, 1.807) is 57.4 Å². The van der Waals surface area contributed by atoms with Gasteiger partial charge in [-0.2, -0.15) is 0 Å². The van der Waals surface area contributed by atoms with E-state index in [1.165, 1.54) is 12.1 Å². The van der Waals surface area contributed by atoms with Crippen LogP contribution in [-0.4, -0.2) is 43.5 Å². The van der Waals surface area contributed by atoms with Crippen molar-refractivity contribution in [3.63, 3.8) is 0 Å². The maximum atomic E-state index is 12.3. The molecule has 0 saturated carbocycles. The summed E-state index contributed by atoms with van der Waals surface area (Å²) in [5, 5.41) is 9.51. The van der Waals surface area contributed by atoms with Crippen LogP contribution in [0.3, 0.4) is 0 Å². The summed E-state index contributed by atoms with van der Waals surface area (Å²) in [5.74, 6) is 0.773. The molecule has 2 aromatic carbocycles. The first-order valence-electron chi connectivity index (χ1n) is 9.04. The van der Waals surface area contributed by atoms with Gasteiger partial charge in [-0.25, -0.2) is 8.42 Å². The number of sulfone groups is 1. The third-order valence-electron chi connectivity index (χ3n) is 4.13. The number of hydrogen-bond acceptors (Lipinski definition) is 8. The van der Waals surface area contributed by atoms with Crippen molar-refractivity contribution in [1.82, 2.24) is 10.2 Å². The molecule has 0 unspecified atom stereocenters. The van der Waals surface area contributed by atoms with Gasteiger partial charge in [0.25, 0.3) is 5.91 Å². The average Bonchev–Trinajstić information content (AvgIpc) is 3.21. The summed E-state index contributed by atoms with van der Waals surface area (Å²) >= 11 is 0. The van der Waals surface area contributed by atoms with Gasteiger partial charge in [-0.1, -0.05) is 11.2 Å². The molecule has 0 aliphatic rings. The van der Waals surface area contributed by atoms with E-state index < -0.39 is 21.0 Å². The molecule has 158 valence electrons. The summed E-state index contributed by atoms with van der Waals surface area (Å²) in [4.78, 5) is 12.2. The Bertz CT molecular complexity index is 1120. The zero-order valence-corrected chi connectivity index (χ0v) is 17.5. The molecule has 0 spiro atoms. The van der Waals surface area contributed by atoms with Crippen molar-refractivity contribution in [1.29, 1.82) is 0 Å². The Hall–Kier alpha value is -3.40. The van der Waals surface area contributed by atoms with E-state index >= 15 is 0 Å². The highest BCUT2D eigenvalue weighted by Gasteiger charge is 2.20.